The number of ether oxygens (including phenoxy) is 3. The molecule has 2 atom stereocenters. The third kappa shape index (κ3) is 10.4. The molecule has 0 fully saturated rings. The van der Waals surface area contributed by atoms with E-state index in [1.54, 1.807) is 6.61 Å². The third-order valence-electron chi connectivity index (χ3n) is 2.02. The molecular formula is C13H26O3. The first-order valence-electron chi connectivity index (χ1n) is 6.16. The van der Waals surface area contributed by atoms with Crippen LogP contribution in [0, 0.1) is 13.0 Å². The second-order valence-electron chi connectivity index (χ2n) is 3.99. The van der Waals surface area contributed by atoms with Crippen molar-refractivity contribution in [3.63, 3.8) is 0 Å². The number of rotatable bonds is 11. The van der Waals surface area contributed by atoms with Gasteiger partial charge < -0.3 is 14.2 Å². The molecular weight excluding hydrogens is 204 g/mol. The lowest BCUT2D eigenvalue weighted by molar-refractivity contribution is -0.0632. The van der Waals surface area contributed by atoms with E-state index in [4.69, 9.17) is 14.2 Å². The van der Waals surface area contributed by atoms with Crippen LogP contribution < -0.4 is 0 Å². The zero-order valence-electron chi connectivity index (χ0n) is 11.1. The lowest BCUT2D eigenvalue weighted by Gasteiger charge is -2.19. The van der Waals surface area contributed by atoms with E-state index in [1.165, 1.54) is 6.42 Å². The summed E-state index contributed by atoms with van der Waals surface area (Å²) in [5.74, 6) is 0. The van der Waals surface area contributed by atoms with E-state index >= 15 is 0 Å². The Hall–Kier alpha value is -0.120. The number of hydrogen-bond acceptors (Lipinski definition) is 3. The summed E-state index contributed by atoms with van der Waals surface area (Å²) in [6.07, 6.45) is 4.38. The molecule has 0 aliphatic rings. The Morgan fingerprint density at radius 1 is 1.12 bits per heavy atom. The molecule has 0 heterocycles. The SMILES string of the molecule is C[CH][CH]OCC(C)OC(C)COCCCC. The zero-order chi connectivity index (χ0) is 12.2. The molecule has 0 aliphatic heterocycles. The summed E-state index contributed by atoms with van der Waals surface area (Å²) in [4.78, 5) is 0. The highest BCUT2D eigenvalue weighted by molar-refractivity contribution is 4.67. The molecule has 3 heteroatoms. The fourth-order valence-electron chi connectivity index (χ4n) is 1.26. The maximum Gasteiger partial charge on any atom is 0.0869 e. The Morgan fingerprint density at radius 3 is 2.44 bits per heavy atom. The van der Waals surface area contributed by atoms with E-state index < -0.39 is 0 Å². The van der Waals surface area contributed by atoms with E-state index in [2.05, 4.69) is 6.92 Å². The van der Waals surface area contributed by atoms with Gasteiger partial charge in [0, 0.05) is 6.61 Å². The van der Waals surface area contributed by atoms with Crippen molar-refractivity contribution in [2.45, 2.75) is 52.7 Å². The standard InChI is InChI=1S/C13H26O3/c1-5-7-9-15-11-13(4)16-12(3)10-14-8-6-2/h6,8,12-13H,5,7,9-11H2,1-4H3. The molecule has 0 bridgehead atoms. The fourth-order valence-corrected chi connectivity index (χ4v) is 1.26. The Morgan fingerprint density at radius 2 is 1.81 bits per heavy atom. The Labute approximate surface area is 100 Å². The van der Waals surface area contributed by atoms with E-state index in [0.717, 1.165) is 13.0 Å². The molecule has 0 spiro atoms. The molecule has 0 aromatic carbocycles. The van der Waals surface area contributed by atoms with Gasteiger partial charge in [0.15, 0.2) is 0 Å². The van der Waals surface area contributed by atoms with E-state index in [9.17, 15) is 0 Å². The molecule has 0 N–H and O–H groups in total. The number of hydrogen-bond donors (Lipinski definition) is 0. The first-order valence-corrected chi connectivity index (χ1v) is 6.16. The highest BCUT2D eigenvalue weighted by atomic mass is 16.6. The molecule has 2 unspecified atom stereocenters. The van der Waals surface area contributed by atoms with Crippen LogP contribution in [0.1, 0.15) is 40.5 Å². The van der Waals surface area contributed by atoms with Gasteiger partial charge in [0.2, 0.25) is 0 Å². The fraction of sp³-hybridized carbons (Fsp3) is 0.846. The maximum atomic E-state index is 5.69. The molecule has 0 rings (SSSR count). The molecule has 0 aliphatic carbocycles. The van der Waals surface area contributed by atoms with Gasteiger partial charge in [-0.2, -0.15) is 0 Å². The van der Waals surface area contributed by atoms with Gasteiger partial charge in [-0.25, -0.2) is 0 Å². The average molecular weight is 230 g/mol. The van der Waals surface area contributed by atoms with Crippen molar-refractivity contribution in [2.75, 3.05) is 19.8 Å². The second kappa shape index (κ2) is 11.4. The van der Waals surface area contributed by atoms with Crippen LogP contribution in [-0.4, -0.2) is 32.0 Å². The van der Waals surface area contributed by atoms with Crippen LogP contribution >= 0.6 is 0 Å². The molecule has 0 aromatic rings. The highest BCUT2D eigenvalue weighted by Crippen LogP contribution is 2.01. The zero-order valence-corrected chi connectivity index (χ0v) is 11.1. The van der Waals surface area contributed by atoms with E-state index in [0.29, 0.717) is 13.2 Å². The molecule has 0 saturated heterocycles. The monoisotopic (exact) mass is 230 g/mol. The van der Waals surface area contributed by atoms with Gasteiger partial charge >= 0.3 is 0 Å². The van der Waals surface area contributed by atoms with Gasteiger partial charge in [0.25, 0.3) is 0 Å². The summed E-state index contributed by atoms with van der Waals surface area (Å²) in [5.41, 5.74) is 0. The van der Waals surface area contributed by atoms with Crippen LogP contribution in [0.3, 0.4) is 0 Å². The topological polar surface area (TPSA) is 27.7 Å². The molecule has 0 amide bonds. The predicted octanol–water partition coefficient (Wildman–Crippen LogP) is 3.00. The second-order valence-corrected chi connectivity index (χ2v) is 3.99. The Balaban J connectivity index is 3.35. The minimum atomic E-state index is 0.0981. The molecule has 3 nitrogen and oxygen atoms in total. The van der Waals surface area contributed by atoms with Crippen molar-refractivity contribution < 1.29 is 14.2 Å². The molecule has 96 valence electrons. The van der Waals surface area contributed by atoms with Crippen molar-refractivity contribution in [3.05, 3.63) is 13.0 Å². The summed E-state index contributed by atoms with van der Waals surface area (Å²) < 4.78 is 16.4. The number of unbranched alkanes of at least 4 members (excludes halogenated alkanes) is 1. The highest BCUT2D eigenvalue weighted by Gasteiger charge is 2.08. The van der Waals surface area contributed by atoms with Gasteiger partial charge in [-0.1, -0.05) is 20.3 Å². The molecule has 0 aromatic heterocycles. The first kappa shape index (κ1) is 15.9. The normalized spacial score (nSPS) is 15.0. The largest absolute Gasteiger partial charge is 0.379 e. The van der Waals surface area contributed by atoms with Crippen molar-refractivity contribution in [1.82, 2.24) is 0 Å². The van der Waals surface area contributed by atoms with Crippen LogP contribution in [0.2, 0.25) is 0 Å². The average Bonchev–Trinajstić information content (AvgIpc) is 2.25. The summed E-state index contributed by atoms with van der Waals surface area (Å²) in [5, 5.41) is 0. The van der Waals surface area contributed by atoms with E-state index in [1.807, 2.05) is 27.2 Å². The van der Waals surface area contributed by atoms with Crippen molar-refractivity contribution in [1.29, 1.82) is 0 Å². The smallest absolute Gasteiger partial charge is 0.0869 e. The van der Waals surface area contributed by atoms with Crippen LogP contribution in [0.5, 0.6) is 0 Å². The maximum absolute atomic E-state index is 5.69. The lowest BCUT2D eigenvalue weighted by Crippen LogP contribution is -2.25. The van der Waals surface area contributed by atoms with Crippen molar-refractivity contribution in [2.24, 2.45) is 0 Å². The quantitative estimate of drug-likeness (QED) is 0.511. The van der Waals surface area contributed by atoms with Crippen LogP contribution in [0.4, 0.5) is 0 Å². The van der Waals surface area contributed by atoms with Gasteiger partial charge in [0.1, 0.15) is 0 Å². The summed E-state index contributed by atoms with van der Waals surface area (Å²) >= 11 is 0. The Bertz CT molecular complexity index is 139. The summed E-state index contributed by atoms with van der Waals surface area (Å²) in [6, 6.07) is 0. The van der Waals surface area contributed by atoms with Gasteiger partial charge in [-0.05, 0) is 26.7 Å². The van der Waals surface area contributed by atoms with Crippen molar-refractivity contribution in [3.8, 4) is 0 Å². The van der Waals surface area contributed by atoms with Gasteiger partial charge in [-0.15, -0.1) is 0 Å². The summed E-state index contributed by atoms with van der Waals surface area (Å²) in [7, 11) is 0. The minimum absolute atomic E-state index is 0.0981. The Kier molecular flexibility index (Phi) is 11.3. The first-order chi connectivity index (χ1) is 7.70. The molecule has 0 saturated carbocycles. The molecule has 2 radical (unpaired) electrons. The van der Waals surface area contributed by atoms with Gasteiger partial charge in [-0.3, -0.25) is 0 Å². The minimum Gasteiger partial charge on any atom is -0.379 e. The lowest BCUT2D eigenvalue weighted by atomic mass is 10.3. The van der Waals surface area contributed by atoms with Crippen LogP contribution in [0.25, 0.3) is 0 Å². The van der Waals surface area contributed by atoms with Crippen LogP contribution in [-0.2, 0) is 14.2 Å². The summed E-state index contributed by atoms with van der Waals surface area (Å²) in [6.45, 7) is 11.9. The van der Waals surface area contributed by atoms with Crippen molar-refractivity contribution >= 4 is 0 Å². The molecule has 16 heavy (non-hydrogen) atoms. The predicted molar refractivity (Wildman–Crippen MR) is 66.0 cm³/mol. The van der Waals surface area contributed by atoms with Crippen LogP contribution in [0.15, 0.2) is 0 Å². The van der Waals surface area contributed by atoms with Gasteiger partial charge in [0.05, 0.1) is 32.0 Å². The third-order valence-corrected chi connectivity index (χ3v) is 2.02. The van der Waals surface area contributed by atoms with E-state index in [-0.39, 0.29) is 12.2 Å².